The van der Waals surface area contributed by atoms with E-state index in [1.54, 1.807) is 6.92 Å². The fraction of sp³-hybridized carbons (Fsp3) is 0.500. The van der Waals surface area contributed by atoms with Crippen LogP contribution in [0.4, 0.5) is 4.79 Å². The maximum absolute atomic E-state index is 12.4. The normalized spacial score (nSPS) is 11.8. The van der Waals surface area contributed by atoms with E-state index in [1.807, 2.05) is 36.6 Å². The van der Waals surface area contributed by atoms with Crippen LogP contribution in [-0.2, 0) is 16.0 Å². The second-order valence-corrected chi connectivity index (χ2v) is 8.13. The van der Waals surface area contributed by atoms with E-state index < -0.39 is 6.09 Å². The van der Waals surface area contributed by atoms with Crippen molar-refractivity contribution in [2.24, 2.45) is 5.92 Å². The molecule has 2 rings (SSSR count). The summed E-state index contributed by atoms with van der Waals surface area (Å²) in [5, 5.41) is 8.46. The lowest BCUT2D eigenvalue weighted by Crippen LogP contribution is -2.44. The van der Waals surface area contributed by atoms with E-state index >= 15 is 0 Å². The Morgan fingerprint density at radius 2 is 1.87 bits per heavy atom. The molecule has 0 aliphatic rings. The molecule has 1 aromatic carbocycles. The molecule has 2 amide bonds. The number of alkyl carbamates (subject to hydrolysis) is 1. The van der Waals surface area contributed by atoms with E-state index in [2.05, 4.69) is 29.5 Å². The van der Waals surface area contributed by atoms with Gasteiger partial charge in [0.2, 0.25) is 5.91 Å². The molecule has 0 saturated heterocycles. The minimum atomic E-state index is -0.461. The molecule has 0 radical (unpaired) electrons. The molecule has 0 aliphatic carbocycles. The highest BCUT2D eigenvalue weighted by molar-refractivity contribution is 7.13. The van der Waals surface area contributed by atoms with Crippen molar-refractivity contribution in [2.45, 2.75) is 46.6 Å². The zero-order valence-corrected chi connectivity index (χ0v) is 18.9. The number of rotatable bonds is 11. The lowest BCUT2D eigenvalue weighted by molar-refractivity contribution is -0.120. The van der Waals surface area contributed by atoms with Crippen LogP contribution < -0.4 is 15.4 Å². The Kier molecular flexibility index (Phi) is 9.60. The van der Waals surface area contributed by atoms with E-state index in [0.29, 0.717) is 25.7 Å². The van der Waals surface area contributed by atoms with E-state index in [1.165, 1.54) is 11.3 Å². The molecule has 0 saturated carbocycles. The van der Waals surface area contributed by atoms with Gasteiger partial charge in [0.1, 0.15) is 10.8 Å². The maximum atomic E-state index is 12.4. The number of nitrogens with one attached hydrogen (secondary N) is 2. The minimum absolute atomic E-state index is 0.127. The summed E-state index contributed by atoms with van der Waals surface area (Å²) in [4.78, 5) is 28.6. The molecule has 0 spiro atoms. The summed E-state index contributed by atoms with van der Waals surface area (Å²) < 4.78 is 10.4. The van der Waals surface area contributed by atoms with Crippen molar-refractivity contribution in [3.63, 3.8) is 0 Å². The van der Waals surface area contributed by atoms with Gasteiger partial charge in [-0.1, -0.05) is 13.8 Å². The Hall–Kier alpha value is -2.61. The van der Waals surface area contributed by atoms with Crippen molar-refractivity contribution in [3.8, 4) is 16.3 Å². The first-order valence-corrected chi connectivity index (χ1v) is 11.2. The van der Waals surface area contributed by atoms with Crippen LogP contribution in [0, 0.1) is 5.92 Å². The highest BCUT2D eigenvalue weighted by atomic mass is 32.1. The van der Waals surface area contributed by atoms with Gasteiger partial charge in [-0.3, -0.25) is 4.79 Å². The quantitative estimate of drug-likeness (QED) is 0.558. The summed E-state index contributed by atoms with van der Waals surface area (Å²) in [5.41, 5.74) is 1.71. The molecule has 1 unspecified atom stereocenters. The van der Waals surface area contributed by atoms with Crippen molar-refractivity contribution < 1.29 is 19.1 Å². The highest BCUT2D eigenvalue weighted by Gasteiger charge is 2.16. The van der Waals surface area contributed by atoms with Crippen molar-refractivity contribution in [1.29, 1.82) is 0 Å². The smallest absolute Gasteiger partial charge is 0.407 e. The SMILES string of the molecule is CCOC(=O)NC(CNC(=O)Cc1csc(-c2ccc(OCC)cc2)n1)CC(C)C. The molecule has 1 heterocycles. The summed E-state index contributed by atoms with van der Waals surface area (Å²) in [6, 6.07) is 7.58. The van der Waals surface area contributed by atoms with Gasteiger partial charge >= 0.3 is 6.09 Å². The number of thiazole rings is 1. The van der Waals surface area contributed by atoms with Crippen LogP contribution in [0.5, 0.6) is 5.75 Å². The van der Waals surface area contributed by atoms with Crippen molar-refractivity contribution in [3.05, 3.63) is 35.3 Å². The van der Waals surface area contributed by atoms with Gasteiger partial charge in [-0.05, 0) is 50.5 Å². The molecule has 2 aromatic rings. The van der Waals surface area contributed by atoms with Gasteiger partial charge in [-0.25, -0.2) is 9.78 Å². The molecule has 8 heteroatoms. The van der Waals surface area contributed by atoms with E-state index in [9.17, 15) is 9.59 Å². The third kappa shape index (κ3) is 8.02. The molecule has 164 valence electrons. The first-order valence-electron chi connectivity index (χ1n) is 10.3. The average molecular weight is 434 g/mol. The van der Waals surface area contributed by atoms with Gasteiger partial charge in [-0.2, -0.15) is 0 Å². The molecule has 30 heavy (non-hydrogen) atoms. The van der Waals surface area contributed by atoms with E-state index in [4.69, 9.17) is 9.47 Å². The van der Waals surface area contributed by atoms with E-state index in [0.717, 1.165) is 28.4 Å². The standard InChI is InChI=1S/C22H31N3O4S/c1-5-28-19-9-7-16(8-10-19)21-24-18(14-30-21)12-20(26)23-13-17(11-15(3)4)25-22(27)29-6-2/h7-10,14-15,17H,5-6,11-13H2,1-4H3,(H,23,26)(H,25,27). The monoisotopic (exact) mass is 433 g/mol. The van der Waals surface area contributed by atoms with Crippen molar-refractivity contribution in [1.82, 2.24) is 15.6 Å². The summed E-state index contributed by atoms with van der Waals surface area (Å²) in [6.07, 6.45) is 0.482. The van der Waals surface area contributed by atoms with Crippen LogP contribution in [-0.4, -0.2) is 42.8 Å². The largest absolute Gasteiger partial charge is 0.494 e. The lowest BCUT2D eigenvalue weighted by atomic mass is 10.0. The van der Waals surface area contributed by atoms with Crippen LogP contribution in [0.1, 0.15) is 39.8 Å². The number of aromatic nitrogens is 1. The molecule has 7 nitrogen and oxygen atoms in total. The Bertz CT molecular complexity index is 805. The van der Waals surface area contributed by atoms with Crippen molar-refractivity contribution in [2.75, 3.05) is 19.8 Å². The Labute approximate surface area is 182 Å². The highest BCUT2D eigenvalue weighted by Crippen LogP contribution is 2.26. The minimum Gasteiger partial charge on any atom is -0.494 e. The second-order valence-electron chi connectivity index (χ2n) is 7.27. The Morgan fingerprint density at radius 1 is 1.13 bits per heavy atom. The van der Waals surface area contributed by atoms with Crippen LogP contribution in [0.15, 0.2) is 29.6 Å². The van der Waals surface area contributed by atoms with Crippen LogP contribution >= 0.6 is 11.3 Å². The molecule has 1 aromatic heterocycles. The zero-order chi connectivity index (χ0) is 21.9. The number of carbonyl (C=O) groups excluding carboxylic acids is 2. The topological polar surface area (TPSA) is 89.6 Å². The Balaban J connectivity index is 1.88. The maximum Gasteiger partial charge on any atom is 0.407 e. The third-order valence-corrected chi connectivity index (χ3v) is 5.14. The number of benzene rings is 1. The molecule has 0 fully saturated rings. The van der Waals surface area contributed by atoms with Gasteiger partial charge in [0.25, 0.3) is 0 Å². The number of hydrogen-bond donors (Lipinski definition) is 2. The van der Waals surface area contributed by atoms with Crippen LogP contribution in [0.2, 0.25) is 0 Å². The predicted molar refractivity (Wildman–Crippen MR) is 119 cm³/mol. The van der Waals surface area contributed by atoms with Gasteiger partial charge in [-0.15, -0.1) is 11.3 Å². The molecule has 1 atom stereocenters. The number of carbonyl (C=O) groups is 2. The summed E-state index contributed by atoms with van der Waals surface area (Å²) in [5.74, 6) is 1.08. The lowest BCUT2D eigenvalue weighted by Gasteiger charge is -2.20. The average Bonchev–Trinajstić information content (AvgIpc) is 3.15. The fourth-order valence-corrected chi connectivity index (χ4v) is 3.77. The number of hydrogen-bond acceptors (Lipinski definition) is 6. The number of ether oxygens (including phenoxy) is 2. The van der Waals surface area contributed by atoms with Crippen LogP contribution in [0.25, 0.3) is 10.6 Å². The number of amides is 2. The van der Waals surface area contributed by atoms with Gasteiger partial charge < -0.3 is 20.1 Å². The van der Waals surface area contributed by atoms with Crippen LogP contribution in [0.3, 0.4) is 0 Å². The molecule has 0 bridgehead atoms. The first kappa shape index (κ1) is 23.7. The van der Waals surface area contributed by atoms with Gasteiger partial charge in [0.15, 0.2) is 0 Å². The van der Waals surface area contributed by atoms with Gasteiger partial charge in [0, 0.05) is 23.5 Å². The molecular formula is C22H31N3O4S. The molecule has 2 N–H and O–H groups in total. The predicted octanol–water partition coefficient (Wildman–Crippen LogP) is 4.03. The molecule has 0 aliphatic heterocycles. The fourth-order valence-electron chi connectivity index (χ4n) is 2.95. The zero-order valence-electron chi connectivity index (χ0n) is 18.1. The Morgan fingerprint density at radius 3 is 2.50 bits per heavy atom. The summed E-state index contributed by atoms with van der Waals surface area (Å²) >= 11 is 1.51. The summed E-state index contributed by atoms with van der Waals surface area (Å²) in [7, 11) is 0. The first-order chi connectivity index (χ1) is 14.4. The number of nitrogens with zero attached hydrogens (tertiary/aromatic N) is 1. The van der Waals surface area contributed by atoms with E-state index in [-0.39, 0.29) is 18.4 Å². The second kappa shape index (κ2) is 12.2. The van der Waals surface area contributed by atoms with Gasteiger partial charge in [0.05, 0.1) is 25.3 Å². The molecular weight excluding hydrogens is 402 g/mol. The third-order valence-electron chi connectivity index (χ3n) is 4.20. The summed E-state index contributed by atoms with van der Waals surface area (Å²) in [6.45, 7) is 9.14. The van der Waals surface area contributed by atoms with Crippen molar-refractivity contribution >= 4 is 23.3 Å².